The molecule has 0 saturated carbocycles. The first kappa shape index (κ1) is 16.8. The van der Waals surface area contributed by atoms with Crippen LogP contribution in [0.1, 0.15) is 18.9 Å². The fraction of sp³-hybridized carbons (Fsp3) is 0.500. The minimum Gasteiger partial charge on any atom is -0.481 e. The lowest BCUT2D eigenvalue weighted by Crippen LogP contribution is -2.33. The lowest BCUT2D eigenvalue weighted by atomic mass is 10.1. The topological polar surface area (TPSA) is 71.9 Å². The Labute approximate surface area is 128 Å². The molecule has 1 fully saturated rings. The molecule has 2 aromatic rings. The highest BCUT2D eigenvalue weighted by Gasteiger charge is 2.20. The van der Waals surface area contributed by atoms with Crippen molar-refractivity contribution in [2.45, 2.75) is 18.9 Å². The maximum absolute atomic E-state index is 12.0. The van der Waals surface area contributed by atoms with Crippen molar-refractivity contribution < 1.29 is 4.74 Å². The van der Waals surface area contributed by atoms with Gasteiger partial charge in [0.25, 0.3) is 0 Å². The number of nitrogens with zero attached hydrogens (tertiary/aromatic N) is 2. The molecule has 20 heavy (non-hydrogen) atoms. The van der Waals surface area contributed by atoms with Crippen molar-refractivity contribution in [3.63, 3.8) is 0 Å². The van der Waals surface area contributed by atoms with Gasteiger partial charge in [-0.05, 0) is 32.0 Å². The molecular formula is C12H18Cl2N4O2. The van der Waals surface area contributed by atoms with Crippen molar-refractivity contribution in [1.82, 2.24) is 19.9 Å². The zero-order chi connectivity index (χ0) is 12.5. The van der Waals surface area contributed by atoms with Gasteiger partial charge in [0.2, 0.25) is 5.88 Å². The van der Waals surface area contributed by atoms with E-state index in [0.29, 0.717) is 11.5 Å². The van der Waals surface area contributed by atoms with E-state index < -0.39 is 0 Å². The Morgan fingerprint density at radius 2 is 2.00 bits per heavy atom. The van der Waals surface area contributed by atoms with Gasteiger partial charge in [0.15, 0.2) is 5.65 Å². The monoisotopic (exact) mass is 320 g/mol. The maximum Gasteiger partial charge on any atom is 0.327 e. The Bertz CT molecular complexity index is 619. The molecule has 8 heteroatoms. The minimum atomic E-state index is -0.0855. The zero-order valence-corrected chi connectivity index (χ0v) is 12.7. The number of aromatic amines is 1. The highest BCUT2D eigenvalue weighted by molar-refractivity contribution is 5.85. The van der Waals surface area contributed by atoms with Crippen LogP contribution in [0.3, 0.4) is 0 Å². The van der Waals surface area contributed by atoms with E-state index >= 15 is 0 Å². The summed E-state index contributed by atoms with van der Waals surface area (Å²) in [6, 6.07) is 3.80. The maximum atomic E-state index is 12.0. The lowest BCUT2D eigenvalue weighted by Gasteiger charge is -2.23. The first-order valence-corrected chi connectivity index (χ1v) is 6.15. The standard InChI is InChI=1S/C12H16N4O2.2ClH/c1-18-10-3-2-9-11(15-10)16(12(17)14-9)8-4-6-13-7-5-8;;/h2-3,8,13H,4-7H2,1H3,(H,14,17);2*1H. The number of ether oxygens (including phenoxy) is 1. The highest BCUT2D eigenvalue weighted by Crippen LogP contribution is 2.22. The van der Waals surface area contributed by atoms with Gasteiger partial charge in [0.05, 0.1) is 12.6 Å². The predicted molar refractivity (Wildman–Crippen MR) is 82.5 cm³/mol. The van der Waals surface area contributed by atoms with Gasteiger partial charge in [-0.3, -0.25) is 4.57 Å². The second kappa shape index (κ2) is 6.97. The number of piperidine rings is 1. The molecule has 3 rings (SSSR count). The van der Waals surface area contributed by atoms with Gasteiger partial charge in [-0.15, -0.1) is 24.8 Å². The second-order valence-corrected chi connectivity index (χ2v) is 4.51. The lowest BCUT2D eigenvalue weighted by molar-refractivity contribution is 0.365. The molecule has 0 amide bonds. The van der Waals surface area contributed by atoms with Crippen LogP contribution >= 0.6 is 24.8 Å². The van der Waals surface area contributed by atoms with Crippen molar-refractivity contribution in [1.29, 1.82) is 0 Å². The molecule has 0 unspecified atom stereocenters. The van der Waals surface area contributed by atoms with Crippen LogP contribution in [0.2, 0.25) is 0 Å². The number of pyridine rings is 1. The number of aromatic nitrogens is 3. The summed E-state index contributed by atoms with van der Waals surface area (Å²) in [6.45, 7) is 1.88. The Kier molecular flexibility index (Phi) is 5.86. The van der Waals surface area contributed by atoms with E-state index in [1.54, 1.807) is 17.7 Å². The summed E-state index contributed by atoms with van der Waals surface area (Å²) < 4.78 is 6.88. The summed E-state index contributed by atoms with van der Waals surface area (Å²) in [5.74, 6) is 0.532. The van der Waals surface area contributed by atoms with Gasteiger partial charge in [0, 0.05) is 12.1 Å². The number of hydrogen-bond acceptors (Lipinski definition) is 4. The van der Waals surface area contributed by atoms with E-state index in [-0.39, 0.29) is 36.5 Å². The number of halogens is 2. The predicted octanol–water partition coefficient (Wildman–Crippen LogP) is 1.50. The first-order valence-electron chi connectivity index (χ1n) is 6.15. The van der Waals surface area contributed by atoms with Crippen LogP contribution < -0.4 is 15.7 Å². The summed E-state index contributed by atoms with van der Waals surface area (Å²) in [4.78, 5) is 19.3. The molecule has 3 heterocycles. The van der Waals surface area contributed by atoms with Crippen LogP contribution in [-0.4, -0.2) is 34.7 Å². The molecule has 0 atom stereocenters. The van der Waals surface area contributed by atoms with Crippen LogP contribution in [0, 0.1) is 0 Å². The van der Waals surface area contributed by atoms with Gasteiger partial charge in [-0.25, -0.2) is 4.79 Å². The fourth-order valence-electron chi connectivity index (χ4n) is 2.50. The Balaban J connectivity index is 0.000001000. The molecule has 1 aliphatic rings. The normalized spacial score (nSPS) is 15.4. The van der Waals surface area contributed by atoms with Gasteiger partial charge in [-0.2, -0.15) is 4.98 Å². The summed E-state index contributed by atoms with van der Waals surface area (Å²) in [7, 11) is 1.58. The van der Waals surface area contributed by atoms with E-state index in [4.69, 9.17) is 4.74 Å². The molecule has 0 spiro atoms. The van der Waals surface area contributed by atoms with Gasteiger partial charge in [-0.1, -0.05) is 0 Å². The van der Waals surface area contributed by atoms with Crippen molar-refractivity contribution in [3.8, 4) is 5.88 Å². The van der Waals surface area contributed by atoms with Gasteiger partial charge >= 0.3 is 5.69 Å². The molecule has 1 saturated heterocycles. The van der Waals surface area contributed by atoms with Crippen molar-refractivity contribution in [2.24, 2.45) is 0 Å². The van der Waals surface area contributed by atoms with Crippen LogP contribution in [-0.2, 0) is 0 Å². The fourth-order valence-corrected chi connectivity index (χ4v) is 2.50. The summed E-state index contributed by atoms with van der Waals surface area (Å²) >= 11 is 0. The summed E-state index contributed by atoms with van der Waals surface area (Å²) in [6.07, 6.45) is 1.90. The van der Waals surface area contributed by atoms with E-state index in [0.717, 1.165) is 31.4 Å². The van der Waals surface area contributed by atoms with Crippen LogP contribution in [0.25, 0.3) is 11.2 Å². The van der Waals surface area contributed by atoms with E-state index in [1.165, 1.54) is 0 Å². The van der Waals surface area contributed by atoms with Gasteiger partial charge < -0.3 is 15.0 Å². The zero-order valence-electron chi connectivity index (χ0n) is 11.1. The number of methoxy groups -OCH3 is 1. The average Bonchev–Trinajstić information content (AvgIpc) is 2.74. The number of rotatable bonds is 2. The van der Waals surface area contributed by atoms with Gasteiger partial charge in [0.1, 0.15) is 0 Å². The van der Waals surface area contributed by atoms with Crippen molar-refractivity contribution >= 4 is 36.0 Å². The number of imidazole rings is 1. The molecule has 2 aromatic heterocycles. The van der Waals surface area contributed by atoms with Crippen LogP contribution in [0.5, 0.6) is 5.88 Å². The Morgan fingerprint density at radius 1 is 1.30 bits per heavy atom. The van der Waals surface area contributed by atoms with E-state index in [9.17, 15) is 4.79 Å². The third-order valence-corrected chi connectivity index (χ3v) is 3.42. The van der Waals surface area contributed by atoms with Crippen molar-refractivity contribution in [2.75, 3.05) is 20.2 Å². The number of hydrogen-bond donors (Lipinski definition) is 2. The summed E-state index contributed by atoms with van der Waals surface area (Å²) in [5.41, 5.74) is 1.36. The Morgan fingerprint density at radius 3 is 2.65 bits per heavy atom. The van der Waals surface area contributed by atoms with E-state index in [2.05, 4.69) is 15.3 Å². The molecule has 6 nitrogen and oxygen atoms in total. The molecular weight excluding hydrogens is 303 g/mol. The number of nitrogens with one attached hydrogen (secondary N) is 2. The SMILES string of the molecule is COc1ccc2[nH]c(=O)n(C3CCNCC3)c2n1.Cl.Cl. The first-order chi connectivity index (χ1) is 8.79. The Hall–Kier alpha value is -1.24. The van der Waals surface area contributed by atoms with E-state index in [1.807, 2.05) is 6.07 Å². The second-order valence-electron chi connectivity index (χ2n) is 4.51. The molecule has 112 valence electrons. The van der Waals surface area contributed by atoms with Crippen LogP contribution in [0.15, 0.2) is 16.9 Å². The third kappa shape index (κ3) is 2.92. The quantitative estimate of drug-likeness (QED) is 0.879. The van der Waals surface area contributed by atoms with Crippen LogP contribution in [0.4, 0.5) is 0 Å². The molecule has 0 aliphatic carbocycles. The minimum absolute atomic E-state index is 0. The largest absolute Gasteiger partial charge is 0.481 e. The molecule has 2 N–H and O–H groups in total. The molecule has 0 radical (unpaired) electrons. The summed E-state index contributed by atoms with van der Waals surface area (Å²) in [5, 5.41) is 3.30. The average molecular weight is 321 g/mol. The molecule has 0 aromatic carbocycles. The number of fused-ring (bicyclic) bond motifs is 1. The molecule has 0 bridgehead atoms. The third-order valence-electron chi connectivity index (χ3n) is 3.42. The molecule has 1 aliphatic heterocycles. The smallest absolute Gasteiger partial charge is 0.327 e. The number of H-pyrrole nitrogens is 1. The highest BCUT2D eigenvalue weighted by atomic mass is 35.5. The van der Waals surface area contributed by atoms with Crippen molar-refractivity contribution in [3.05, 3.63) is 22.6 Å².